The van der Waals surface area contributed by atoms with Gasteiger partial charge in [0.1, 0.15) is 0 Å². The Balaban J connectivity index is 0.000000205. The molecule has 0 radical (unpaired) electrons. The summed E-state index contributed by atoms with van der Waals surface area (Å²) in [6, 6.07) is 25.0. The summed E-state index contributed by atoms with van der Waals surface area (Å²) in [6.07, 6.45) is 14.7. The number of fused-ring (bicyclic) bond motifs is 5. The van der Waals surface area contributed by atoms with Gasteiger partial charge < -0.3 is 24.8 Å². The summed E-state index contributed by atoms with van der Waals surface area (Å²) in [4.78, 5) is 0. The third-order valence-electron chi connectivity index (χ3n) is 11.1. The quantitative estimate of drug-likeness (QED) is 0.159. The standard InChI is InChI=1S/C27H29.C13H8F2.C10H15.2ClH.Zr/c1-16-7-9-26(3,4)24-12-18-11-19-13-25-21(17(2)8-10-27(25,5)6)15-23(19)22(18)14-20(16)24;14-12-5-1-3-10(8-12)7-11-4-2-6-13(15)9-11;1-8-5-6-9(7-8)10(2,3)4;;;/h7-8,11-15H,9-10H2,1-6H3;1-6,8-9H;6-8H,1-4H3;2*1H;/q-1;;-1;;;+2/p-2. The van der Waals surface area contributed by atoms with Crippen LogP contribution in [0.2, 0.25) is 0 Å². The summed E-state index contributed by atoms with van der Waals surface area (Å²) < 4.78 is 27.0. The fourth-order valence-electron chi connectivity index (χ4n) is 7.64. The van der Waals surface area contributed by atoms with Crippen LogP contribution in [-0.4, -0.2) is 3.21 Å². The zero-order valence-electron chi connectivity index (χ0n) is 33.8. The van der Waals surface area contributed by atoms with E-state index in [2.05, 4.69) is 130 Å². The van der Waals surface area contributed by atoms with Crippen molar-refractivity contribution in [2.45, 2.75) is 92.9 Å². The fourth-order valence-corrected chi connectivity index (χ4v) is 8.41. The first-order valence-electron chi connectivity index (χ1n) is 18.8. The van der Waals surface area contributed by atoms with Gasteiger partial charge in [-0.2, -0.15) is 11.6 Å². The normalized spacial score (nSPS) is 17.5. The molecule has 3 aliphatic carbocycles. The first-order valence-corrected chi connectivity index (χ1v) is 20.1. The molecule has 1 unspecified atom stereocenters. The zero-order chi connectivity index (χ0) is 38.5. The van der Waals surface area contributed by atoms with Crippen LogP contribution in [0.15, 0.2) is 109 Å². The summed E-state index contributed by atoms with van der Waals surface area (Å²) in [5, 5.41) is 5.61. The van der Waals surface area contributed by atoms with Crippen LogP contribution >= 0.6 is 0 Å². The maximum atomic E-state index is 13.0. The third kappa shape index (κ3) is 9.72. The molecule has 0 nitrogen and oxygen atoms in total. The molecular weight excluding hydrogens is 801 g/mol. The molecule has 0 fully saturated rings. The van der Waals surface area contributed by atoms with E-state index in [1.165, 1.54) is 84.8 Å². The second kappa shape index (κ2) is 17.2. The molecular formula is C50H52Cl2F2Zr-2. The average Bonchev–Trinajstić information content (AvgIpc) is 3.71. The van der Waals surface area contributed by atoms with Gasteiger partial charge in [0.25, 0.3) is 0 Å². The second-order valence-corrected chi connectivity index (χ2v) is 18.7. The Hall–Kier alpha value is -3.10. The minimum absolute atomic E-state index is 0. The summed E-state index contributed by atoms with van der Waals surface area (Å²) >= 11 is 1.13. The maximum absolute atomic E-state index is 13.0. The molecule has 3 aliphatic rings. The van der Waals surface area contributed by atoms with E-state index in [0.29, 0.717) is 11.3 Å². The first kappa shape index (κ1) is 44.6. The van der Waals surface area contributed by atoms with E-state index in [1.807, 2.05) is 12.1 Å². The molecule has 5 heteroatoms. The molecule has 0 N–H and O–H groups in total. The molecule has 0 aliphatic heterocycles. The van der Waals surface area contributed by atoms with Crippen molar-refractivity contribution >= 4 is 35.9 Å². The second-order valence-electron chi connectivity index (χ2n) is 17.4. The summed E-state index contributed by atoms with van der Waals surface area (Å²) in [5.41, 5.74) is 12.5. The van der Waals surface area contributed by atoms with Gasteiger partial charge in [0.15, 0.2) is 0 Å². The molecule has 286 valence electrons. The number of benzene rings is 4. The van der Waals surface area contributed by atoms with Crippen LogP contribution in [0.3, 0.4) is 0 Å². The molecule has 0 heterocycles. The van der Waals surface area contributed by atoms with Gasteiger partial charge in [0, 0.05) is 0 Å². The van der Waals surface area contributed by atoms with Gasteiger partial charge in [-0.15, -0.1) is 39.7 Å². The van der Waals surface area contributed by atoms with Gasteiger partial charge in [-0.1, -0.05) is 102 Å². The molecule has 0 bridgehead atoms. The molecule has 8 rings (SSSR count). The molecule has 1 atom stereocenters. The van der Waals surface area contributed by atoms with Crippen molar-refractivity contribution in [1.29, 1.82) is 0 Å². The summed E-state index contributed by atoms with van der Waals surface area (Å²) in [7, 11) is 0. The van der Waals surface area contributed by atoms with Gasteiger partial charge in [0.2, 0.25) is 0 Å². The van der Waals surface area contributed by atoms with Crippen molar-refractivity contribution in [3.05, 3.63) is 160 Å². The van der Waals surface area contributed by atoms with Crippen molar-refractivity contribution in [2.75, 3.05) is 0 Å². The molecule has 0 saturated carbocycles. The van der Waals surface area contributed by atoms with Gasteiger partial charge in [-0.25, -0.2) is 6.08 Å². The topological polar surface area (TPSA) is 0 Å². The van der Waals surface area contributed by atoms with Crippen LogP contribution in [0.5, 0.6) is 0 Å². The molecule has 0 aromatic heterocycles. The van der Waals surface area contributed by atoms with Crippen molar-refractivity contribution < 1.29 is 57.8 Å². The van der Waals surface area contributed by atoms with Crippen molar-refractivity contribution in [3.8, 4) is 0 Å². The number of rotatable bonds is 2. The minimum atomic E-state index is -0.270. The van der Waals surface area contributed by atoms with E-state index < -0.39 is 0 Å². The third-order valence-corrected chi connectivity index (χ3v) is 12.6. The number of halogens is 4. The Morgan fingerprint density at radius 2 is 1.16 bits per heavy atom. The van der Waals surface area contributed by atoms with Crippen LogP contribution in [0.4, 0.5) is 8.78 Å². The van der Waals surface area contributed by atoms with E-state index in [9.17, 15) is 8.78 Å². The van der Waals surface area contributed by atoms with E-state index in [1.54, 1.807) is 12.1 Å². The monoisotopic (exact) mass is 850 g/mol. The molecule has 0 amide bonds. The van der Waals surface area contributed by atoms with Crippen molar-refractivity contribution in [1.82, 2.24) is 0 Å². The van der Waals surface area contributed by atoms with Gasteiger partial charge in [-0.05, 0) is 59.8 Å². The Bertz CT molecular complexity index is 2220. The molecule has 5 aromatic carbocycles. The van der Waals surface area contributed by atoms with Gasteiger partial charge >= 0.3 is 108 Å². The van der Waals surface area contributed by atoms with E-state index in [-0.39, 0.29) is 47.3 Å². The van der Waals surface area contributed by atoms with E-state index >= 15 is 0 Å². The molecule has 0 saturated heterocycles. The van der Waals surface area contributed by atoms with Crippen LogP contribution in [0.25, 0.3) is 32.7 Å². The Labute approximate surface area is 355 Å². The largest absolute Gasteiger partial charge is 1.00 e. The summed E-state index contributed by atoms with van der Waals surface area (Å²) in [5.74, 6) is -0.0168. The van der Waals surface area contributed by atoms with E-state index in [4.69, 9.17) is 0 Å². The Kier molecular flexibility index (Phi) is 13.9. The molecule has 55 heavy (non-hydrogen) atoms. The average molecular weight is 853 g/mol. The van der Waals surface area contributed by atoms with Crippen LogP contribution in [-0.2, 0) is 35.1 Å². The maximum Gasteiger partial charge on any atom is -1.00 e. The zero-order valence-corrected chi connectivity index (χ0v) is 37.8. The van der Waals surface area contributed by atoms with Gasteiger partial charge in [0.05, 0.1) is 0 Å². The SMILES string of the molecule is CC1=CCC(C)(C)c2cc3[cH-]c4cc5c(cc4c3cc21)C(C)=CCC5(C)C.CC1[C-]=CC(C(C)(C)C)=C1.Fc1cccc([C](=[Zr+2])c2cccc(F)c2)c1.[Cl-].[Cl-]. The Morgan fingerprint density at radius 3 is 1.51 bits per heavy atom. The smallest absolute Gasteiger partial charge is 1.00 e. The first-order chi connectivity index (χ1) is 24.8. The predicted octanol–water partition coefficient (Wildman–Crippen LogP) is 7.94. The summed E-state index contributed by atoms with van der Waals surface area (Å²) in [6.45, 7) is 22.9. The fraction of sp³-hybridized carbons (Fsp3) is 0.320. The van der Waals surface area contributed by atoms with Gasteiger partial charge in [-0.3, -0.25) is 6.08 Å². The molecule has 0 spiro atoms. The minimum Gasteiger partial charge on any atom is -1.00 e. The van der Waals surface area contributed by atoms with Crippen molar-refractivity contribution in [2.24, 2.45) is 11.3 Å². The van der Waals surface area contributed by atoms with Crippen LogP contribution < -0.4 is 24.8 Å². The van der Waals surface area contributed by atoms with Crippen molar-refractivity contribution in [3.63, 3.8) is 0 Å². The van der Waals surface area contributed by atoms with E-state index in [0.717, 1.165) is 51.4 Å². The van der Waals surface area contributed by atoms with Crippen LogP contribution in [0.1, 0.15) is 115 Å². The predicted molar refractivity (Wildman–Crippen MR) is 220 cm³/mol. The number of hydrogen-bond donors (Lipinski definition) is 0. The number of allylic oxidation sites excluding steroid dienone is 8. The Morgan fingerprint density at radius 1 is 0.727 bits per heavy atom. The van der Waals surface area contributed by atoms with Crippen LogP contribution in [0, 0.1) is 29.0 Å². The number of hydrogen-bond acceptors (Lipinski definition) is 0. The molecule has 5 aromatic rings.